The van der Waals surface area contributed by atoms with Crippen molar-refractivity contribution in [3.8, 4) is 0 Å². The summed E-state index contributed by atoms with van der Waals surface area (Å²) in [5.41, 5.74) is 4.97. The number of aliphatic hydroxyl groups is 1. The SMILES string of the molecule is NCC(=O)NCC(=O)NCCO. The normalized spacial score (nSPS) is 9.17. The number of carbonyl (C=O) groups is 2. The van der Waals surface area contributed by atoms with Crippen molar-refractivity contribution in [1.82, 2.24) is 10.6 Å². The monoisotopic (exact) mass is 175 g/mol. The summed E-state index contributed by atoms with van der Waals surface area (Å²) in [6.45, 7) is -0.156. The molecule has 6 nitrogen and oxygen atoms in total. The van der Waals surface area contributed by atoms with Gasteiger partial charge in [0.15, 0.2) is 0 Å². The van der Waals surface area contributed by atoms with Gasteiger partial charge in [0, 0.05) is 6.54 Å². The van der Waals surface area contributed by atoms with Gasteiger partial charge in [0.25, 0.3) is 0 Å². The number of hydrogen-bond donors (Lipinski definition) is 4. The Hall–Kier alpha value is -1.14. The molecular formula is C6H13N3O3. The highest BCUT2D eigenvalue weighted by Gasteiger charge is 2.01. The summed E-state index contributed by atoms with van der Waals surface area (Å²) in [6, 6.07) is 0. The van der Waals surface area contributed by atoms with E-state index in [1.807, 2.05) is 0 Å². The third-order valence-corrected chi connectivity index (χ3v) is 1.07. The van der Waals surface area contributed by atoms with Gasteiger partial charge in [-0.2, -0.15) is 0 Å². The standard InChI is InChI=1S/C6H13N3O3/c7-3-5(11)9-4-6(12)8-1-2-10/h10H,1-4,7H2,(H,8,12)(H,9,11). The van der Waals surface area contributed by atoms with Crippen molar-refractivity contribution in [2.24, 2.45) is 5.73 Å². The zero-order valence-electron chi connectivity index (χ0n) is 6.67. The van der Waals surface area contributed by atoms with E-state index in [1.54, 1.807) is 0 Å². The highest BCUT2D eigenvalue weighted by Crippen LogP contribution is 1.64. The van der Waals surface area contributed by atoms with Crippen molar-refractivity contribution >= 4 is 11.8 Å². The predicted molar refractivity (Wildman–Crippen MR) is 42.2 cm³/mol. The van der Waals surface area contributed by atoms with E-state index >= 15 is 0 Å². The number of nitrogens with one attached hydrogen (secondary N) is 2. The summed E-state index contributed by atoms with van der Waals surface area (Å²) < 4.78 is 0. The Balaban J connectivity index is 3.37. The molecule has 0 aliphatic carbocycles. The molecule has 0 unspecified atom stereocenters. The second-order valence-corrected chi connectivity index (χ2v) is 2.05. The van der Waals surface area contributed by atoms with Crippen LogP contribution in [0.15, 0.2) is 0 Å². The van der Waals surface area contributed by atoms with Crippen LogP contribution in [-0.4, -0.2) is 43.2 Å². The Labute approximate surface area is 70.1 Å². The Morgan fingerprint density at radius 2 is 1.92 bits per heavy atom. The summed E-state index contributed by atoms with van der Waals surface area (Å²) in [5.74, 6) is -0.722. The van der Waals surface area contributed by atoms with Crippen LogP contribution >= 0.6 is 0 Å². The molecule has 0 aromatic carbocycles. The molecule has 0 aromatic rings. The van der Waals surface area contributed by atoms with Gasteiger partial charge in [-0.1, -0.05) is 0 Å². The maximum atomic E-state index is 10.7. The first-order chi connectivity index (χ1) is 5.70. The topological polar surface area (TPSA) is 104 Å². The summed E-state index contributed by atoms with van der Waals surface area (Å²) in [7, 11) is 0. The van der Waals surface area contributed by atoms with Gasteiger partial charge in [-0.25, -0.2) is 0 Å². The van der Waals surface area contributed by atoms with E-state index in [9.17, 15) is 9.59 Å². The molecule has 0 saturated carbocycles. The number of aliphatic hydroxyl groups excluding tert-OH is 1. The molecule has 0 spiro atoms. The summed E-state index contributed by atoms with van der Waals surface area (Å²) in [6.07, 6.45) is 0. The Kier molecular flexibility index (Phi) is 5.94. The van der Waals surface area contributed by atoms with Crippen LogP contribution in [-0.2, 0) is 9.59 Å². The maximum Gasteiger partial charge on any atom is 0.239 e. The molecule has 0 aliphatic heterocycles. The molecule has 0 atom stereocenters. The average molecular weight is 175 g/mol. The van der Waals surface area contributed by atoms with Crippen LogP contribution in [0.4, 0.5) is 0 Å². The highest BCUT2D eigenvalue weighted by atomic mass is 16.3. The van der Waals surface area contributed by atoms with Gasteiger partial charge in [-0.15, -0.1) is 0 Å². The van der Waals surface area contributed by atoms with Crippen molar-refractivity contribution < 1.29 is 14.7 Å². The fourth-order valence-electron chi connectivity index (χ4n) is 0.509. The molecule has 0 fully saturated rings. The largest absolute Gasteiger partial charge is 0.395 e. The van der Waals surface area contributed by atoms with E-state index in [4.69, 9.17) is 10.8 Å². The van der Waals surface area contributed by atoms with Gasteiger partial charge in [0.2, 0.25) is 11.8 Å². The van der Waals surface area contributed by atoms with Crippen LogP contribution in [0.25, 0.3) is 0 Å². The quantitative estimate of drug-likeness (QED) is 0.361. The molecule has 2 amide bonds. The van der Waals surface area contributed by atoms with Gasteiger partial charge in [-0.3, -0.25) is 9.59 Å². The minimum atomic E-state index is -0.380. The third-order valence-electron chi connectivity index (χ3n) is 1.07. The minimum absolute atomic E-state index is 0.101. The van der Waals surface area contributed by atoms with Gasteiger partial charge < -0.3 is 21.5 Å². The summed E-state index contributed by atoms with van der Waals surface area (Å²) in [5, 5.41) is 13.0. The number of amides is 2. The molecule has 12 heavy (non-hydrogen) atoms. The van der Waals surface area contributed by atoms with Crippen molar-refractivity contribution in [3.63, 3.8) is 0 Å². The summed E-state index contributed by atoms with van der Waals surface area (Å²) in [4.78, 5) is 21.3. The number of nitrogens with two attached hydrogens (primary N) is 1. The van der Waals surface area contributed by atoms with Gasteiger partial charge in [0.05, 0.1) is 19.7 Å². The van der Waals surface area contributed by atoms with E-state index in [2.05, 4.69) is 10.6 Å². The van der Waals surface area contributed by atoms with E-state index < -0.39 is 0 Å². The molecule has 0 aliphatic rings. The smallest absolute Gasteiger partial charge is 0.239 e. The van der Waals surface area contributed by atoms with Crippen molar-refractivity contribution in [3.05, 3.63) is 0 Å². The van der Waals surface area contributed by atoms with Crippen molar-refractivity contribution in [1.29, 1.82) is 0 Å². The lowest BCUT2D eigenvalue weighted by Gasteiger charge is -2.03. The molecule has 0 aromatic heterocycles. The second kappa shape index (κ2) is 6.56. The first-order valence-corrected chi connectivity index (χ1v) is 3.55. The zero-order valence-corrected chi connectivity index (χ0v) is 6.67. The number of carbonyl (C=O) groups excluding carboxylic acids is 2. The van der Waals surface area contributed by atoms with E-state index in [-0.39, 0.29) is 38.1 Å². The maximum absolute atomic E-state index is 10.7. The van der Waals surface area contributed by atoms with Crippen LogP contribution in [0.5, 0.6) is 0 Å². The van der Waals surface area contributed by atoms with Gasteiger partial charge in [-0.05, 0) is 0 Å². The van der Waals surface area contributed by atoms with Crippen LogP contribution in [0.3, 0.4) is 0 Å². The highest BCUT2D eigenvalue weighted by molar-refractivity contribution is 5.85. The van der Waals surface area contributed by atoms with Crippen LogP contribution < -0.4 is 16.4 Å². The Morgan fingerprint density at radius 1 is 1.25 bits per heavy atom. The molecule has 6 heteroatoms. The molecule has 70 valence electrons. The lowest BCUT2D eigenvalue weighted by molar-refractivity contribution is -0.125. The molecular weight excluding hydrogens is 162 g/mol. The zero-order chi connectivity index (χ0) is 9.40. The first-order valence-electron chi connectivity index (χ1n) is 3.55. The van der Waals surface area contributed by atoms with Crippen LogP contribution in [0.2, 0.25) is 0 Å². The van der Waals surface area contributed by atoms with Crippen LogP contribution in [0, 0.1) is 0 Å². The van der Waals surface area contributed by atoms with E-state index in [0.717, 1.165) is 0 Å². The van der Waals surface area contributed by atoms with Gasteiger partial charge in [0.1, 0.15) is 0 Å². The Bertz CT molecular complexity index is 160. The summed E-state index contributed by atoms with van der Waals surface area (Å²) >= 11 is 0. The lowest BCUT2D eigenvalue weighted by atomic mass is 10.5. The predicted octanol–water partition coefficient (Wildman–Crippen LogP) is -2.83. The molecule has 0 saturated heterocycles. The van der Waals surface area contributed by atoms with E-state index in [1.165, 1.54) is 0 Å². The molecule has 0 rings (SSSR count). The first kappa shape index (κ1) is 10.9. The molecule has 0 bridgehead atoms. The van der Waals surface area contributed by atoms with Crippen molar-refractivity contribution in [2.75, 3.05) is 26.2 Å². The molecule has 0 heterocycles. The van der Waals surface area contributed by atoms with E-state index in [0.29, 0.717) is 0 Å². The fraction of sp³-hybridized carbons (Fsp3) is 0.667. The number of rotatable bonds is 5. The Morgan fingerprint density at radius 3 is 2.42 bits per heavy atom. The third kappa shape index (κ3) is 5.63. The molecule has 5 N–H and O–H groups in total. The van der Waals surface area contributed by atoms with Crippen molar-refractivity contribution in [2.45, 2.75) is 0 Å². The molecule has 0 radical (unpaired) electrons. The van der Waals surface area contributed by atoms with Gasteiger partial charge >= 0.3 is 0 Å². The average Bonchev–Trinajstić information content (AvgIpc) is 2.10. The second-order valence-electron chi connectivity index (χ2n) is 2.05. The number of hydrogen-bond acceptors (Lipinski definition) is 4. The minimum Gasteiger partial charge on any atom is -0.395 e. The van der Waals surface area contributed by atoms with Crippen LogP contribution in [0.1, 0.15) is 0 Å². The fourth-order valence-corrected chi connectivity index (χ4v) is 0.509. The lowest BCUT2D eigenvalue weighted by Crippen LogP contribution is -2.40.